The number of carbonyl (C=O) groups is 2. The van der Waals surface area contributed by atoms with Crippen LogP contribution in [0.2, 0.25) is 0 Å². The van der Waals surface area contributed by atoms with Gasteiger partial charge in [0, 0.05) is 0 Å². The molecule has 23 heavy (non-hydrogen) atoms. The molecule has 1 unspecified atom stereocenters. The maximum atomic E-state index is 12.3. The highest BCUT2D eigenvalue weighted by atomic mass is 19.3. The maximum absolute atomic E-state index is 12.3. The van der Waals surface area contributed by atoms with Crippen LogP contribution < -0.4 is 10.1 Å². The number of halogens is 2. The highest BCUT2D eigenvalue weighted by molar-refractivity contribution is 5.94. The zero-order chi connectivity index (χ0) is 16.7. The second-order valence-electron chi connectivity index (χ2n) is 5.01. The van der Waals surface area contributed by atoms with Crippen molar-refractivity contribution in [1.82, 2.24) is 0 Å². The van der Waals surface area contributed by atoms with Crippen LogP contribution in [0.25, 0.3) is 0 Å². The van der Waals surface area contributed by atoms with E-state index in [1.165, 1.54) is 18.2 Å². The van der Waals surface area contributed by atoms with Crippen molar-refractivity contribution in [1.29, 1.82) is 0 Å². The molecule has 0 radical (unpaired) electrons. The Morgan fingerprint density at radius 2 is 2.04 bits per heavy atom. The smallest absolute Gasteiger partial charge is 0.387 e. The van der Waals surface area contributed by atoms with Crippen LogP contribution in [0.4, 0.5) is 14.5 Å². The lowest BCUT2D eigenvalue weighted by Crippen LogP contribution is -2.25. The van der Waals surface area contributed by atoms with Crippen molar-refractivity contribution in [2.75, 3.05) is 11.9 Å². The van der Waals surface area contributed by atoms with E-state index in [0.717, 1.165) is 6.42 Å². The third-order valence-electron chi connectivity index (χ3n) is 3.33. The fraction of sp³-hybridized carbons (Fsp3) is 0.375. The van der Waals surface area contributed by atoms with Gasteiger partial charge in [0.1, 0.15) is 5.75 Å². The molecule has 1 amide bonds. The Bertz CT molecular complexity index is 589. The lowest BCUT2D eigenvalue weighted by molar-refractivity contribution is -0.151. The third kappa shape index (κ3) is 5.36. The van der Waals surface area contributed by atoms with E-state index in [-0.39, 0.29) is 17.4 Å². The average Bonchev–Trinajstić information content (AvgIpc) is 2.55. The van der Waals surface area contributed by atoms with Crippen LogP contribution >= 0.6 is 0 Å². The summed E-state index contributed by atoms with van der Waals surface area (Å²) >= 11 is 0. The topological polar surface area (TPSA) is 64.6 Å². The number of carbonyl (C=O) groups excluding carboxylic acids is 2. The van der Waals surface area contributed by atoms with Crippen molar-refractivity contribution < 1.29 is 27.8 Å². The van der Waals surface area contributed by atoms with Crippen LogP contribution in [0.15, 0.2) is 36.4 Å². The van der Waals surface area contributed by atoms with Gasteiger partial charge in [0.05, 0.1) is 11.6 Å². The predicted octanol–water partition coefficient (Wildman–Crippen LogP) is 3.13. The van der Waals surface area contributed by atoms with Crippen molar-refractivity contribution in [3.63, 3.8) is 0 Å². The van der Waals surface area contributed by atoms with Gasteiger partial charge in [-0.15, -0.1) is 0 Å². The minimum absolute atomic E-state index is 0.0921. The Morgan fingerprint density at radius 3 is 2.74 bits per heavy atom. The largest absolute Gasteiger partial charge is 0.455 e. The number of ether oxygens (including phenoxy) is 2. The summed E-state index contributed by atoms with van der Waals surface area (Å²) in [6.45, 7) is -3.47. The van der Waals surface area contributed by atoms with Gasteiger partial charge in [0.2, 0.25) is 0 Å². The molecular formula is C16H17F2NO4. The van der Waals surface area contributed by atoms with Crippen LogP contribution in [0.1, 0.15) is 19.3 Å². The number of anilines is 1. The van der Waals surface area contributed by atoms with E-state index in [1.807, 2.05) is 12.2 Å². The molecule has 2 rings (SSSR count). The molecule has 7 heteroatoms. The number of allylic oxidation sites excluding steroid dienone is 2. The Labute approximate surface area is 132 Å². The van der Waals surface area contributed by atoms with Gasteiger partial charge < -0.3 is 14.8 Å². The lowest BCUT2D eigenvalue weighted by atomic mass is 9.95. The molecule has 124 valence electrons. The molecule has 0 bridgehead atoms. The van der Waals surface area contributed by atoms with Gasteiger partial charge >= 0.3 is 12.6 Å². The van der Waals surface area contributed by atoms with Gasteiger partial charge in [-0.05, 0) is 31.4 Å². The monoisotopic (exact) mass is 325 g/mol. The van der Waals surface area contributed by atoms with E-state index in [1.54, 1.807) is 6.07 Å². The molecule has 5 nitrogen and oxygen atoms in total. The number of hydrogen-bond donors (Lipinski definition) is 1. The van der Waals surface area contributed by atoms with Gasteiger partial charge in [-0.3, -0.25) is 9.59 Å². The van der Waals surface area contributed by atoms with Crippen molar-refractivity contribution in [3.8, 4) is 5.75 Å². The van der Waals surface area contributed by atoms with E-state index in [4.69, 9.17) is 4.74 Å². The first-order valence-corrected chi connectivity index (χ1v) is 7.21. The van der Waals surface area contributed by atoms with Crippen molar-refractivity contribution in [3.05, 3.63) is 36.4 Å². The second-order valence-corrected chi connectivity index (χ2v) is 5.01. The van der Waals surface area contributed by atoms with Crippen LogP contribution in [0.5, 0.6) is 5.75 Å². The van der Waals surface area contributed by atoms with Crippen LogP contribution in [-0.2, 0) is 14.3 Å². The van der Waals surface area contributed by atoms with E-state index in [9.17, 15) is 18.4 Å². The van der Waals surface area contributed by atoms with E-state index in [0.29, 0.717) is 12.8 Å². The molecule has 0 saturated heterocycles. The van der Waals surface area contributed by atoms with Gasteiger partial charge in [-0.25, -0.2) is 0 Å². The SMILES string of the molecule is O=C(COC(=O)C1CC=CCC1)Nc1ccccc1OC(F)F. The number of para-hydroxylation sites is 2. The van der Waals surface area contributed by atoms with Crippen molar-refractivity contribution in [2.24, 2.45) is 5.92 Å². The standard InChI is InChI=1S/C16H17F2NO4/c17-16(18)23-13-9-5-4-8-12(13)19-14(20)10-22-15(21)11-6-2-1-3-7-11/h1-2,4-5,8-9,11,16H,3,6-7,10H2,(H,19,20). The molecule has 1 aliphatic carbocycles. The quantitative estimate of drug-likeness (QED) is 0.645. The molecule has 0 heterocycles. The van der Waals surface area contributed by atoms with Crippen molar-refractivity contribution >= 4 is 17.6 Å². The molecule has 0 aromatic heterocycles. The number of nitrogens with one attached hydrogen (secondary N) is 1. The Kier molecular flexibility index (Phi) is 6.08. The maximum Gasteiger partial charge on any atom is 0.387 e. The zero-order valence-electron chi connectivity index (χ0n) is 12.3. The molecule has 0 fully saturated rings. The molecule has 1 aromatic carbocycles. The van der Waals surface area contributed by atoms with E-state index < -0.39 is 25.1 Å². The summed E-state index contributed by atoms with van der Waals surface area (Å²) in [5.41, 5.74) is 0.0921. The van der Waals surface area contributed by atoms with Gasteiger partial charge in [-0.2, -0.15) is 8.78 Å². The lowest BCUT2D eigenvalue weighted by Gasteiger charge is -2.16. The third-order valence-corrected chi connectivity index (χ3v) is 3.33. The number of amides is 1. The summed E-state index contributed by atoms with van der Waals surface area (Å²) in [5, 5.41) is 2.39. The number of alkyl halides is 2. The number of rotatable bonds is 6. The summed E-state index contributed by atoms with van der Waals surface area (Å²) in [7, 11) is 0. The highest BCUT2D eigenvalue weighted by Gasteiger charge is 2.21. The number of benzene rings is 1. The molecule has 0 saturated carbocycles. The summed E-state index contributed by atoms with van der Waals surface area (Å²) in [6.07, 6.45) is 6.02. The van der Waals surface area contributed by atoms with Gasteiger partial charge in [0.25, 0.3) is 5.91 Å². The minimum Gasteiger partial charge on any atom is -0.455 e. The first-order chi connectivity index (χ1) is 11.1. The van der Waals surface area contributed by atoms with Gasteiger partial charge in [-0.1, -0.05) is 24.3 Å². The average molecular weight is 325 g/mol. The minimum atomic E-state index is -3.00. The highest BCUT2D eigenvalue weighted by Crippen LogP contribution is 2.25. The fourth-order valence-corrected chi connectivity index (χ4v) is 2.22. The van der Waals surface area contributed by atoms with Crippen LogP contribution in [0, 0.1) is 5.92 Å². The van der Waals surface area contributed by atoms with Crippen molar-refractivity contribution in [2.45, 2.75) is 25.9 Å². The van der Waals surface area contributed by atoms with Gasteiger partial charge in [0.15, 0.2) is 6.61 Å². The number of esters is 1. The number of hydrogen-bond acceptors (Lipinski definition) is 4. The first-order valence-electron chi connectivity index (χ1n) is 7.21. The zero-order valence-corrected chi connectivity index (χ0v) is 12.3. The van der Waals surface area contributed by atoms with E-state index in [2.05, 4.69) is 10.1 Å². The molecule has 1 aliphatic rings. The summed E-state index contributed by atoms with van der Waals surface area (Å²) in [6, 6.07) is 5.80. The summed E-state index contributed by atoms with van der Waals surface area (Å²) in [4.78, 5) is 23.6. The summed E-state index contributed by atoms with van der Waals surface area (Å²) < 4.78 is 33.8. The Balaban J connectivity index is 1.85. The Morgan fingerprint density at radius 1 is 1.26 bits per heavy atom. The summed E-state index contributed by atoms with van der Waals surface area (Å²) in [5.74, 6) is -1.43. The molecule has 0 aliphatic heterocycles. The normalized spacial score (nSPS) is 16.9. The predicted molar refractivity (Wildman–Crippen MR) is 79.1 cm³/mol. The van der Waals surface area contributed by atoms with Crippen LogP contribution in [0.3, 0.4) is 0 Å². The first kappa shape index (κ1) is 16.9. The molecule has 1 N–H and O–H groups in total. The van der Waals surface area contributed by atoms with Crippen LogP contribution in [-0.4, -0.2) is 25.1 Å². The fourth-order valence-electron chi connectivity index (χ4n) is 2.22. The molecule has 0 spiro atoms. The molecule has 1 aromatic rings. The van der Waals surface area contributed by atoms with E-state index >= 15 is 0 Å². The Hall–Kier alpha value is -2.44. The second kappa shape index (κ2) is 8.26. The molecular weight excluding hydrogens is 308 g/mol. The molecule has 1 atom stereocenters.